The quantitative estimate of drug-likeness (QED) is 0.839. The van der Waals surface area contributed by atoms with Crippen LogP contribution in [0.25, 0.3) is 0 Å². The third kappa shape index (κ3) is 3.14. The minimum atomic E-state index is 0.603. The summed E-state index contributed by atoms with van der Waals surface area (Å²) in [6, 6.07) is 7.65. The molecule has 2 rings (SSSR count). The Labute approximate surface area is 112 Å². The molecule has 1 aromatic carbocycles. The Morgan fingerprint density at radius 3 is 2.61 bits per heavy atom. The summed E-state index contributed by atoms with van der Waals surface area (Å²) in [4.78, 5) is 0. The van der Waals surface area contributed by atoms with Crippen molar-refractivity contribution >= 4 is 0 Å². The van der Waals surface area contributed by atoms with Crippen LogP contribution in [-0.2, 0) is 0 Å². The van der Waals surface area contributed by atoms with Crippen LogP contribution >= 0.6 is 0 Å². The van der Waals surface area contributed by atoms with E-state index in [9.17, 15) is 0 Å². The second-order valence-electron chi connectivity index (χ2n) is 6.20. The van der Waals surface area contributed by atoms with Crippen molar-refractivity contribution in [2.75, 3.05) is 6.54 Å². The summed E-state index contributed by atoms with van der Waals surface area (Å²) >= 11 is 0. The highest BCUT2D eigenvalue weighted by molar-refractivity contribution is 5.32. The highest BCUT2D eigenvalue weighted by Crippen LogP contribution is 2.39. The molecule has 0 amide bonds. The molecule has 0 spiro atoms. The molecule has 0 aromatic heterocycles. The van der Waals surface area contributed by atoms with Crippen LogP contribution in [0.2, 0.25) is 0 Å². The highest BCUT2D eigenvalue weighted by atomic mass is 14.9. The molecule has 0 heterocycles. The van der Waals surface area contributed by atoms with Crippen molar-refractivity contribution in [3.8, 4) is 0 Å². The van der Waals surface area contributed by atoms with Crippen molar-refractivity contribution in [2.45, 2.75) is 58.9 Å². The number of benzene rings is 1. The lowest BCUT2D eigenvalue weighted by molar-refractivity contribution is 0.422. The molecule has 2 unspecified atom stereocenters. The van der Waals surface area contributed by atoms with Crippen LogP contribution in [0.1, 0.15) is 55.7 Å². The van der Waals surface area contributed by atoms with Gasteiger partial charge in [0, 0.05) is 6.04 Å². The topological polar surface area (TPSA) is 12.0 Å². The molecule has 0 aliphatic heterocycles. The Kier molecular flexibility index (Phi) is 4.45. The maximum Gasteiger partial charge on any atom is 0.00104 e. The monoisotopic (exact) mass is 245 g/mol. The zero-order chi connectivity index (χ0) is 13.1. The summed E-state index contributed by atoms with van der Waals surface area (Å²) < 4.78 is 0. The molecule has 1 heteroatoms. The molecule has 1 aromatic rings. The van der Waals surface area contributed by atoms with Gasteiger partial charge >= 0.3 is 0 Å². The van der Waals surface area contributed by atoms with Crippen LogP contribution < -0.4 is 5.32 Å². The number of hydrogen-bond donors (Lipinski definition) is 1. The molecule has 18 heavy (non-hydrogen) atoms. The first-order valence-electron chi connectivity index (χ1n) is 7.38. The molecule has 1 nitrogen and oxygen atoms in total. The summed E-state index contributed by atoms with van der Waals surface area (Å²) in [5.74, 6) is 1.60. The van der Waals surface area contributed by atoms with E-state index in [0.717, 1.165) is 11.8 Å². The largest absolute Gasteiger partial charge is 0.314 e. The summed E-state index contributed by atoms with van der Waals surface area (Å²) in [7, 11) is 0. The lowest BCUT2D eigenvalue weighted by atomic mass is 9.87. The standard InChI is InChI=1S/C17H27N/c1-12(2)18-11-16-6-5-7-17(16)15-9-8-13(3)14(4)10-15/h8-10,12,16-18H,5-7,11H2,1-4H3. The summed E-state index contributed by atoms with van der Waals surface area (Å²) in [6.45, 7) is 10.1. The van der Waals surface area contributed by atoms with E-state index in [4.69, 9.17) is 0 Å². The van der Waals surface area contributed by atoms with Crippen molar-refractivity contribution < 1.29 is 0 Å². The molecule has 1 aliphatic carbocycles. The lowest BCUT2D eigenvalue weighted by Gasteiger charge is -2.22. The van der Waals surface area contributed by atoms with E-state index in [2.05, 4.69) is 51.2 Å². The molecule has 0 radical (unpaired) electrons. The van der Waals surface area contributed by atoms with Crippen LogP contribution in [0.15, 0.2) is 18.2 Å². The van der Waals surface area contributed by atoms with Gasteiger partial charge in [-0.2, -0.15) is 0 Å². The molecular weight excluding hydrogens is 218 g/mol. The predicted octanol–water partition coefficient (Wildman–Crippen LogP) is 4.19. The van der Waals surface area contributed by atoms with Crippen molar-refractivity contribution in [2.24, 2.45) is 5.92 Å². The van der Waals surface area contributed by atoms with E-state index < -0.39 is 0 Å². The first kappa shape index (κ1) is 13.6. The van der Waals surface area contributed by atoms with Gasteiger partial charge in [0.2, 0.25) is 0 Å². The van der Waals surface area contributed by atoms with Gasteiger partial charge in [0.25, 0.3) is 0 Å². The first-order chi connectivity index (χ1) is 8.58. The normalized spacial score (nSPS) is 23.8. The Hall–Kier alpha value is -0.820. The van der Waals surface area contributed by atoms with Gasteiger partial charge in [-0.05, 0) is 61.8 Å². The fourth-order valence-corrected chi connectivity index (χ4v) is 3.10. The number of aryl methyl sites for hydroxylation is 2. The second-order valence-corrected chi connectivity index (χ2v) is 6.20. The second kappa shape index (κ2) is 5.88. The smallest absolute Gasteiger partial charge is 0.00104 e. The van der Waals surface area contributed by atoms with Gasteiger partial charge in [-0.25, -0.2) is 0 Å². The van der Waals surface area contributed by atoms with E-state index in [1.807, 2.05) is 0 Å². The first-order valence-corrected chi connectivity index (χ1v) is 7.38. The molecule has 1 saturated carbocycles. The van der Waals surface area contributed by atoms with Crippen molar-refractivity contribution in [3.63, 3.8) is 0 Å². The van der Waals surface area contributed by atoms with E-state index in [1.165, 1.54) is 36.9 Å². The summed E-state index contributed by atoms with van der Waals surface area (Å²) in [6.07, 6.45) is 4.15. The van der Waals surface area contributed by atoms with Gasteiger partial charge in [-0.15, -0.1) is 0 Å². The van der Waals surface area contributed by atoms with Crippen LogP contribution in [0.3, 0.4) is 0 Å². The van der Waals surface area contributed by atoms with Gasteiger partial charge < -0.3 is 5.32 Å². The third-order valence-corrected chi connectivity index (χ3v) is 4.41. The van der Waals surface area contributed by atoms with Crippen LogP contribution in [0.5, 0.6) is 0 Å². The summed E-state index contributed by atoms with van der Waals surface area (Å²) in [5, 5.41) is 3.61. The molecule has 0 bridgehead atoms. The molecule has 100 valence electrons. The van der Waals surface area contributed by atoms with Crippen molar-refractivity contribution in [1.82, 2.24) is 5.32 Å². The predicted molar refractivity (Wildman–Crippen MR) is 79.1 cm³/mol. The highest BCUT2D eigenvalue weighted by Gasteiger charge is 2.28. The average Bonchev–Trinajstić information content (AvgIpc) is 2.78. The zero-order valence-electron chi connectivity index (χ0n) is 12.3. The van der Waals surface area contributed by atoms with Gasteiger partial charge in [-0.3, -0.25) is 0 Å². The van der Waals surface area contributed by atoms with E-state index in [-0.39, 0.29) is 0 Å². The lowest BCUT2D eigenvalue weighted by Crippen LogP contribution is -2.30. The third-order valence-electron chi connectivity index (χ3n) is 4.41. The Morgan fingerprint density at radius 2 is 1.94 bits per heavy atom. The summed E-state index contributed by atoms with van der Waals surface area (Å²) in [5.41, 5.74) is 4.41. The molecule has 1 aliphatic rings. The molecule has 0 saturated heterocycles. The van der Waals surface area contributed by atoms with Crippen LogP contribution in [0.4, 0.5) is 0 Å². The minimum Gasteiger partial charge on any atom is -0.314 e. The van der Waals surface area contributed by atoms with Gasteiger partial charge in [0.1, 0.15) is 0 Å². The van der Waals surface area contributed by atoms with Crippen LogP contribution in [0, 0.1) is 19.8 Å². The van der Waals surface area contributed by atoms with Gasteiger partial charge in [0.15, 0.2) is 0 Å². The SMILES string of the molecule is Cc1ccc(C2CCCC2CNC(C)C)cc1C. The van der Waals surface area contributed by atoms with E-state index >= 15 is 0 Å². The fraction of sp³-hybridized carbons (Fsp3) is 0.647. The molecule has 2 atom stereocenters. The average molecular weight is 245 g/mol. The van der Waals surface area contributed by atoms with Gasteiger partial charge in [0.05, 0.1) is 0 Å². The van der Waals surface area contributed by atoms with E-state index in [0.29, 0.717) is 6.04 Å². The molecule has 1 fully saturated rings. The number of rotatable bonds is 4. The Balaban J connectivity index is 2.08. The Bertz CT molecular complexity index is 395. The molecular formula is C17H27N. The molecule has 1 N–H and O–H groups in total. The minimum absolute atomic E-state index is 0.603. The maximum atomic E-state index is 3.61. The maximum absolute atomic E-state index is 3.61. The zero-order valence-corrected chi connectivity index (χ0v) is 12.3. The fourth-order valence-electron chi connectivity index (χ4n) is 3.10. The van der Waals surface area contributed by atoms with Crippen molar-refractivity contribution in [3.05, 3.63) is 34.9 Å². The van der Waals surface area contributed by atoms with Crippen molar-refractivity contribution in [1.29, 1.82) is 0 Å². The Morgan fingerprint density at radius 1 is 1.17 bits per heavy atom. The number of hydrogen-bond acceptors (Lipinski definition) is 1. The van der Waals surface area contributed by atoms with Crippen LogP contribution in [-0.4, -0.2) is 12.6 Å². The van der Waals surface area contributed by atoms with Gasteiger partial charge in [-0.1, -0.05) is 38.5 Å². The number of nitrogens with one attached hydrogen (secondary N) is 1. The van der Waals surface area contributed by atoms with E-state index in [1.54, 1.807) is 5.56 Å².